The van der Waals surface area contributed by atoms with Gasteiger partial charge in [0.05, 0.1) is 0 Å². The van der Waals surface area contributed by atoms with Crippen molar-refractivity contribution in [2.45, 2.75) is 69.9 Å². The molecule has 2 rings (SSSR count). The van der Waals surface area contributed by atoms with Crippen LogP contribution in [0.3, 0.4) is 0 Å². The van der Waals surface area contributed by atoms with Gasteiger partial charge in [-0.1, -0.05) is 19.3 Å². The highest BCUT2D eigenvalue weighted by Crippen LogP contribution is 2.29. The summed E-state index contributed by atoms with van der Waals surface area (Å²) in [6.45, 7) is 3.60. The van der Waals surface area contributed by atoms with E-state index in [-0.39, 0.29) is 0 Å². The summed E-state index contributed by atoms with van der Waals surface area (Å²) >= 11 is 0. The van der Waals surface area contributed by atoms with E-state index >= 15 is 0 Å². The summed E-state index contributed by atoms with van der Waals surface area (Å²) in [5.41, 5.74) is 6.37. The van der Waals surface area contributed by atoms with E-state index < -0.39 is 0 Å². The topological polar surface area (TPSA) is 38.0 Å². The Labute approximate surface area is 94.0 Å². The maximum absolute atomic E-state index is 5.94. The molecule has 0 bridgehead atoms. The van der Waals surface area contributed by atoms with Crippen LogP contribution in [-0.4, -0.2) is 18.1 Å². The Morgan fingerprint density at radius 3 is 2.53 bits per heavy atom. The molecular weight excluding hydrogens is 184 g/mol. The Balaban J connectivity index is 1.72. The van der Waals surface area contributed by atoms with Gasteiger partial charge in [-0.15, -0.1) is 0 Å². The summed E-state index contributed by atoms with van der Waals surface area (Å²) in [4.78, 5) is 0. The van der Waals surface area contributed by atoms with E-state index in [4.69, 9.17) is 5.73 Å². The Morgan fingerprint density at radius 2 is 1.93 bits per heavy atom. The van der Waals surface area contributed by atoms with E-state index in [9.17, 15) is 0 Å². The second-order valence-corrected chi connectivity index (χ2v) is 5.94. The molecule has 3 N–H and O–H groups in total. The first kappa shape index (κ1) is 11.4. The molecule has 2 heteroatoms. The van der Waals surface area contributed by atoms with Crippen molar-refractivity contribution in [3.05, 3.63) is 0 Å². The zero-order valence-corrected chi connectivity index (χ0v) is 10.1. The quantitative estimate of drug-likeness (QED) is 0.751. The van der Waals surface area contributed by atoms with Crippen LogP contribution in [0.25, 0.3) is 0 Å². The third-order valence-electron chi connectivity index (χ3n) is 4.36. The number of rotatable bonds is 3. The molecule has 0 radical (unpaired) electrons. The van der Waals surface area contributed by atoms with E-state index in [1.165, 1.54) is 57.9 Å². The molecule has 0 aromatic carbocycles. The second-order valence-electron chi connectivity index (χ2n) is 5.94. The molecule has 0 saturated heterocycles. The van der Waals surface area contributed by atoms with E-state index in [0.717, 1.165) is 5.92 Å². The lowest BCUT2D eigenvalue weighted by atomic mass is 9.83. The predicted octanol–water partition coefficient (Wildman–Crippen LogP) is 2.43. The summed E-state index contributed by atoms with van der Waals surface area (Å²) in [5, 5.41) is 3.80. The molecule has 0 aliphatic heterocycles. The van der Waals surface area contributed by atoms with Gasteiger partial charge in [-0.3, -0.25) is 0 Å². The molecule has 2 atom stereocenters. The van der Waals surface area contributed by atoms with Crippen LogP contribution in [0.15, 0.2) is 0 Å². The fraction of sp³-hybridized carbons (Fsp3) is 1.00. The van der Waals surface area contributed by atoms with E-state index in [2.05, 4.69) is 12.2 Å². The van der Waals surface area contributed by atoms with Crippen LogP contribution in [0.1, 0.15) is 58.3 Å². The van der Waals surface area contributed by atoms with Crippen LogP contribution >= 0.6 is 0 Å². The van der Waals surface area contributed by atoms with Crippen molar-refractivity contribution in [2.75, 3.05) is 6.54 Å². The minimum atomic E-state index is 0.435. The van der Waals surface area contributed by atoms with Crippen molar-refractivity contribution in [1.29, 1.82) is 0 Å². The molecule has 2 aliphatic rings. The zero-order valence-electron chi connectivity index (χ0n) is 10.1. The van der Waals surface area contributed by atoms with Crippen LogP contribution in [0.2, 0.25) is 0 Å². The van der Waals surface area contributed by atoms with Crippen LogP contribution in [0.5, 0.6) is 0 Å². The van der Waals surface area contributed by atoms with Crippen molar-refractivity contribution in [3.8, 4) is 0 Å². The minimum absolute atomic E-state index is 0.435. The van der Waals surface area contributed by atoms with Crippen molar-refractivity contribution >= 4 is 0 Å². The molecule has 0 spiro atoms. The molecule has 88 valence electrons. The van der Waals surface area contributed by atoms with E-state index in [0.29, 0.717) is 11.6 Å². The molecule has 0 aromatic rings. The maximum atomic E-state index is 5.94. The SMILES string of the molecule is CC1(NCC2CCC(N)C2)CCCCC1. The Morgan fingerprint density at radius 1 is 1.20 bits per heavy atom. The van der Waals surface area contributed by atoms with Crippen molar-refractivity contribution in [1.82, 2.24) is 5.32 Å². The van der Waals surface area contributed by atoms with Gasteiger partial charge >= 0.3 is 0 Å². The standard InChI is InChI=1S/C13H26N2/c1-13(7-3-2-4-8-13)15-10-11-5-6-12(14)9-11/h11-12,15H,2-10,14H2,1H3. The summed E-state index contributed by atoms with van der Waals surface area (Å²) in [5.74, 6) is 0.846. The summed E-state index contributed by atoms with van der Waals surface area (Å²) < 4.78 is 0. The average molecular weight is 210 g/mol. The smallest absolute Gasteiger partial charge is 0.0153 e. The number of nitrogens with two attached hydrogens (primary N) is 1. The number of nitrogens with one attached hydrogen (secondary N) is 1. The first-order chi connectivity index (χ1) is 7.18. The van der Waals surface area contributed by atoms with Crippen LogP contribution in [0.4, 0.5) is 0 Å². The van der Waals surface area contributed by atoms with Gasteiger partial charge in [-0.05, 0) is 51.5 Å². The minimum Gasteiger partial charge on any atom is -0.328 e. The molecule has 0 aromatic heterocycles. The zero-order chi connectivity index (χ0) is 10.7. The molecule has 2 saturated carbocycles. The lowest BCUT2D eigenvalue weighted by Crippen LogP contribution is -2.45. The third-order valence-corrected chi connectivity index (χ3v) is 4.36. The van der Waals surface area contributed by atoms with Gasteiger partial charge in [0.2, 0.25) is 0 Å². The molecule has 2 aliphatic carbocycles. The first-order valence-electron chi connectivity index (χ1n) is 6.69. The Hall–Kier alpha value is -0.0800. The summed E-state index contributed by atoms with van der Waals surface area (Å²) in [6, 6.07) is 0.482. The highest BCUT2D eigenvalue weighted by molar-refractivity contribution is 4.88. The molecular formula is C13H26N2. The monoisotopic (exact) mass is 210 g/mol. The summed E-state index contributed by atoms with van der Waals surface area (Å²) in [6.07, 6.45) is 10.8. The van der Waals surface area contributed by atoms with Crippen molar-refractivity contribution in [2.24, 2.45) is 11.7 Å². The van der Waals surface area contributed by atoms with Gasteiger partial charge < -0.3 is 11.1 Å². The van der Waals surface area contributed by atoms with E-state index in [1.54, 1.807) is 0 Å². The third kappa shape index (κ3) is 3.18. The molecule has 2 unspecified atom stereocenters. The maximum Gasteiger partial charge on any atom is 0.0153 e. The molecule has 0 heterocycles. The predicted molar refractivity (Wildman–Crippen MR) is 64.8 cm³/mol. The average Bonchev–Trinajstić information content (AvgIpc) is 2.63. The van der Waals surface area contributed by atoms with Gasteiger partial charge in [-0.25, -0.2) is 0 Å². The first-order valence-corrected chi connectivity index (χ1v) is 6.69. The number of hydrogen-bond donors (Lipinski definition) is 2. The molecule has 15 heavy (non-hydrogen) atoms. The Kier molecular flexibility index (Phi) is 3.68. The van der Waals surface area contributed by atoms with Gasteiger partial charge in [0.15, 0.2) is 0 Å². The molecule has 0 amide bonds. The van der Waals surface area contributed by atoms with E-state index in [1.807, 2.05) is 0 Å². The lowest BCUT2D eigenvalue weighted by molar-refractivity contribution is 0.240. The van der Waals surface area contributed by atoms with Gasteiger partial charge in [-0.2, -0.15) is 0 Å². The molecule has 2 fully saturated rings. The van der Waals surface area contributed by atoms with Gasteiger partial charge in [0, 0.05) is 11.6 Å². The molecule has 2 nitrogen and oxygen atoms in total. The van der Waals surface area contributed by atoms with Gasteiger partial charge in [0.25, 0.3) is 0 Å². The van der Waals surface area contributed by atoms with Crippen molar-refractivity contribution < 1.29 is 0 Å². The largest absolute Gasteiger partial charge is 0.328 e. The fourth-order valence-electron chi connectivity index (χ4n) is 3.20. The van der Waals surface area contributed by atoms with Crippen LogP contribution < -0.4 is 11.1 Å². The second kappa shape index (κ2) is 4.84. The highest BCUT2D eigenvalue weighted by Gasteiger charge is 2.28. The summed E-state index contributed by atoms with van der Waals surface area (Å²) in [7, 11) is 0. The lowest BCUT2D eigenvalue weighted by Gasteiger charge is -2.35. The number of hydrogen-bond acceptors (Lipinski definition) is 2. The Bertz CT molecular complexity index is 197. The van der Waals surface area contributed by atoms with Crippen molar-refractivity contribution in [3.63, 3.8) is 0 Å². The van der Waals surface area contributed by atoms with Gasteiger partial charge in [0.1, 0.15) is 0 Å². The fourth-order valence-corrected chi connectivity index (χ4v) is 3.20. The normalized spacial score (nSPS) is 35.6. The highest BCUT2D eigenvalue weighted by atomic mass is 15.0. The van der Waals surface area contributed by atoms with Crippen LogP contribution in [-0.2, 0) is 0 Å². The van der Waals surface area contributed by atoms with Crippen LogP contribution in [0, 0.1) is 5.92 Å².